The highest BCUT2D eigenvalue weighted by Crippen LogP contribution is 2.08. The number of hydrogen-bond acceptors (Lipinski definition) is 3. The third-order valence-corrected chi connectivity index (χ3v) is 2.05. The molecule has 78 valence electrons. The molecule has 14 heavy (non-hydrogen) atoms. The number of amides is 1. The number of carbonyl (C=O) groups excluding carboxylic acids is 1. The molecule has 0 spiro atoms. The van der Waals surface area contributed by atoms with E-state index in [9.17, 15) is 4.79 Å². The van der Waals surface area contributed by atoms with Gasteiger partial charge >= 0.3 is 0 Å². The maximum absolute atomic E-state index is 11.6. The lowest BCUT2D eigenvalue weighted by Crippen LogP contribution is -2.34. The number of rotatable bonds is 4. The molecule has 0 saturated heterocycles. The molecule has 0 aliphatic carbocycles. The highest BCUT2D eigenvalue weighted by atomic mass is 16.3. The van der Waals surface area contributed by atoms with Gasteiger partial charge in [-0.1, -0.05) is 0 Å². The lowest BCUT2D eigenvalue weighted by atomic mass is 10.2. The van der Waals surface area contributed by atoms with E-state index in [0.717, 1.165) is 12.0 Å². The number of carbonyl (C=O) groups is 1. The summed E-state index contributed by atoms with van der Waals surface area (Å²) in [5.74, 6) is 0.210. The molecular weight excluding hydrogens is 180 g/mol. The molecular formula is C10H16N2O2. The van der Waals surface area contributed by atoms with Gasteiger partial charge in [0.2, 0.25) is 0 Å². The molecule has 1 heterocycles. The lowest BCUT2D eigenvalue weighted by Gasteiger charge is -2.11. The maximum Gasteiger partial charge on any atom is 0.287 e. The molecule has 0 fully saturated rings. The first-order chi connectivity index (χ1) is 6.65. The summed E-state index contributed by atoms with van der Waals surface area (Å²) in [6.07, 6.45) is 2.28. The molecule has 0 aliphatic rings. The topological polar surface area (TPSA) is 68.3 Å². The Kier molecular flexibility index (Phi) is 3.71. The fourth-order valence-electron chi connectivity index (χ4n) is 1.22. The Balaban J connectivity index is 2.55. The van der Waals surface area contributed by atoms with Gasteiger partial charge in [-0.05, 0) is 32.9 Å². The number of hydrogen-bond donors (Lipinski definition) is 2. The Morgan fingerprint density at radius 2 is 2.43 bits per heavy atom. The molecule has 0 radical (unpaired) electrons. The number of furan rings is 1. The summed E-state index contributed by atoms with van der Waals surface area (Å²) in [6.45, 7) is 4.33. The van der Waals surface area contributed by atoms with Crippen molar-refractivity contribution in [2.45, 2.75) is 26.3 Å². The van der Waals surface area contributed by atoms with E-state index in [1.165, 1.54) is 6.26 Å². The van der Waals surface area contributed by atoms with Crippen LogP contribution in [0.3, 0.4) is 0 Å². The summed E-state index contributed by atoms with van der Waals surface area (Å²) in [5, 5.41) is 2.81. The Labute approximate surface area is 83.5 Å². The van der Waals surface area contributed by atoms with Gasteiger partial charge in [0.1, 0.15) is 0 Å². The summed E-state index contributed by atoms with van der Waals surface area (Å²) >= 11 is 0. The highest BCUT2D eigenvalue weighted by Gasteiger charge is 2.14. The summed E-state index contributed by atoms with van der Waals surface area (Å²) in [5.41, 5.74) is 6.23. The molecule has 1 unspecified atom stereocenters. The molecule has 0 saturated carbocycles. The van der Waals surface area contributed by atoms with Crippen LogP contribution in [0.25, 0.3) is 0 Å². The summed E-state index contributed by atoms with van der Waals surface area (Å²) in [7, 11) is 0. The minimum absolute atomic E-state index is 0.0806. The first-order valence-electron chi connectivity index (χ1n) is 4.70. The zero-order valence-corrected chi connectivity index (χ0v) is 8.54. The molecule has 0 aromatic carbocycles. The van der Waals surface area contributed by atoms with Crippen molar-refractivity contribution in [3.8, 4) is 0 Å². The third kappa shape index (κ3) is 2.60. The van der Waals surface area contributed by atoms with Gasteiger partial charge in [0.05, 0.1) is 6.26 Å². The van der Waals surface area contributed by atoms with Gasteiger partial charge in [0.15, 0.2) is 5.76 Å². The summed E-state index contributed by atoms with van der Waals surface area (Å²) < 4.78 is 5.06. The van der Waals surface area contributed by atoms with Crippen LogP contribution < -0.4 is 11.1 Å². The van der Waals surface area contributed by atoms with E-state index < -0.39 is 0 Å². The largest absolute Gasteiger partial charge is 0.459 e. The average Bonchev–Trinajstić information content (AvgIpc) is 2.51. The van der Waals surface area contributed by atoms with E-state index in [1.54, 1.807) is 6.07 Å². The van der Waals surface area contributed by atoms with E-state index in [0.29, 0.717) is 12.3 Å². The predicted molar refractivity (Wildman–Crippen MR) is 54.0 cm³/mol. The first-order valence-corrected chi connectivity index (χ1v) is 4.70. The van der Waals surface area contributed by atoms with Gasteiger partial charge < -0.3 is 15.5 Å². The molecule has 3 N–H and O–H groups in total. The number of nitrogens with two attached hydrogens (primary N) is 1. The molecule has 0 aliphatic heterocycles. The van der Waals surface area contributed by atoms with Crippen molar-refractivity contribution >= 4 is 5.91 Å². The predicted octanol–water partition coefficient (Wildman–Crippen LogP) is 1.06. The molecule has 1 amide bonds. The molecule has 1 atom stereocenters. The minimum Gasteiger partial charge on any atom is -0.459 e. The van der Waals surface area contributed by atoms with Gasteiger partial charge in [0.25, 0.3) is 5.91 Å². The van der Waals surface area contributed by atoms with Crippen molar-refractivity contribution in [3.05, 3.63) is 23.7 Å². The van der Waals surface area contributed by atoms with Crippen molar-refractivity contribution in [2.75, 3.05) is 6.54 Å². The normalized spacial score (nSPS) is 12.5. The Morgan fingerprint density at radius 1 is 1.71 bits per heavy atom. The van der Waals surface area contributed by atoms with Crippen molar-refractivity contribution in [1.29, 1.82) is 0 Å². The Hall–Kier alpha value is -1.29. The van der Waals surface area contributed by atoms with Crippen LogP contribution in [0.5, 0.6) is 0 Å². The highest BCUT2D eigenvalue weighted by molar-refractivity contribution is 5.92. The smallest absolute Gasteiger partial charge is 0.287 e. The number of nitrogens with one attached hydrogen (secondary N) is 1. The van der Waals surface area contributed by atoms with Gasteiger partial charge in [-0.2, -0.15) is 0 Å². The van der Waals surface area contributed by atoms with Crippen LogP contribution in [0.4, 0.5) is 0 Å². The average molecular weight is 196 g/mol. The monoisotopic (exact) mass is 196 g/mol. The van der Waals surface area contributed by atoms with Crippen LogP contribution >= 0.6 is 0 Å². The van der Waals surface area contributed by atoms with Gasteiger partial charge in [-0.25, -0.2) is 0 Å². The second-order valence-electron chi connectivity index (χ2n) is 3.38. The van der Waals surface area contributed by atoms with Crippen molar-refractivity contribution < 1.29 is 9.21 Å². The van der Waals surface area contributed by atoms with Crippen LogP contribution in [-0.4, -0.2) is 18.5 Å². The SMILES string of the molecule is Cc1ccoc1C(=O)NC(C)CCN. The van der Waals surface area contributed by atoms with Crippen LogP contribution in [0.15, 0.2) is 16.7 Å². The van der Waals surface area contributed by atoms with E-state index in [-0.39, 0.29) is 11.9 Å². The van der Waals surface area contributed by atoms with Crippen LogP contribution in [0, 0.1) is 6.92 Å². The molecule has 4 heteroatoms. The fourth-order valence-corrected chi connectivity index (χ4v) is 1.22. The Morgan fingerprint density at radius 3 is 2.93 bits per heavy atom. The second kappa shape index (κ2) is 4.81. The quantitative estimate of drug-likeness (QED) is 0.756. The number of aryl methyl sites for hydroxylation is 1. The van der Waals surface area contributed by atoms with Crippen molar-refractivity contribution in [2.24, 2.45) is 5.73 Å². The van der Waals surface area contributed by atoms with Gasteiger partial charge in [0, 0.05) is 11.6 Å². The lowest BCUT2D eigenvalue weighted by molar-refractivity contribution is 0.0910. The standard InChI is InChI=1S/C10H16N2O2/c1-7-4-6-14-9(7)10(13)12-8(2)3-5-11/h4,6,8H,3,5,11H2,1-2H3,(H,12,13). The molecule has 0 bridgehead atoms. The van der Waals surface area contributed by atoms with Crippen LogP contribution in [-0.2, 0) is 0 Å². The molecule has 4 nitrogen and oxygen atoms in total. The summed E-state index contributed by atoms with van der Waals surface area (Å²) in [6, 6.07) is 1.85. The van der Waals surface area contributed by atoms with Gasteiger partial charge in [-0.15, -0.1) is 0 Å². The van der Waals surface area contributed by atoms with Gasteiger partial charge in [-0.3, -0.25) is 4.79 Å². The van der Waals surface area contributed by atoms with E-state index in [4.69, 9.17) is 10.2 Å². The van der Waals surface area contributed by atoms with E-state index in [1.807, 2.05) is 13.8 Å². The molecule has 1 aromatic heterocycles. The maximum atomic E-state index is 11.6. The molecule has 1 rings (SSSR count). The fraction of sp³-hybridized carbons (Fsp3) is 0.500. The minimum atomic E-state index is -0.173. The third-order valence-electron chi connectivity index (χ3n) is 2.05. The van der Waals surface area contributed by atoms with Crippen molar-refractivity contribution in [3.63, 3.8) is 0 Å². The Bertz CT molecular complexity index is 307. The van der Waals surface area contributed by atoms with Crippen molar-refractivity contribution in [1.82, 2.24) is 5.32 Å². The van der Waals surface area contributed by atoms with Crippen LogP contribution in [0.1, 0.15) is 29.5 Å². The van der Waals surface area contributed by atoms with E-state index >= 15 is 0 Å². The second-order valence-corrected chi connectivity index (χ2v) is 3.38. The van der Waals surface area contributed by atoms with E-state index in [2.05, 4.69) is 5.32 Å². The zero-order valence-electron chi connectivity index (χ0n) is 8.54. The molecule has 1 aromatic rings. The first kappa shape index (κ1) is 10.8. The zero-order chi connectivity index (χ0) is 10.6. The summed E-state index contributed by atoms with van der Waals surface area (Å²) in [4.78, 5) is 11.6. The van der Waals surface area contributed by atoms with Crippen LogP contribution in [0.2, 0.25) is 0 Å².